The minimum absolute atomic E-state index is 0.00236. The van der Waals surface area contributed by atoms with E-state index in [9.17, 15) is 4.79 Å². The van der Waals surface area contributed by atoms with Crippen LogP contribution < -0.4 is 5.32 Å². The average molecular weight is 531 g/mol. The van der Waals surface area contributed by atoms with Crippen LogP contribution in [-0.2, 0) is 4.74 Å². The summed E-state index contributed by atoms with van der Waals surface area (Å²) in [5.74, 6) is 5.12. The summed E-state index contributed by atoms with van der Waals surface area (Å²) in [5.41, 5.74) is 2.39. The van der Waals surface area contributed by atoms with E-state index in [4.69, 9.17) is 9.84 Å². The van der Waals surface area contributed by atoms with Crippen molar-refractivity contribution in [2.24, 2.45) is 46.3 Å². The van der Waals surface area contributed by atoms with E-state index in [0.717, 1.165) is 54.8 Å². The number of fused-ring (bicyclic) bond motifs is 5. The highest BCUT2D eigenvalue weighted by atomic mass is 16.6. The van der Waals surface area contributed by atoms with Crippen LogP contribution in [0.4, 0.5) is 4.79 Å². The standard InChI is InChI=1S/C33H58N2O3/c1-23(2)8-7-9-24(3)28-12-13-29-27-11-10-25-22-26(38-31(37)34-18-19-35(6)20-21-36)14-16-32(25,4)30(27)15-17-33(28,29)5/h10,23-24,26-30,36H,7-9,11-22H2,1-6H3,(H,34,37)/t24-,26?,27?,28-,29+,30+,32?,33?/m1/s1. The molecule has 38 heavy (non-hydrogen) atoms. The number of amides is 1. The molecule has 0 heterocycles. The zero-order chi connectivity index (χ0) is 27.5. The van der Waals surface area contributed by atoms with Gasteiger partial charge in [-0.1, -0.05) is 65.5 Å². The van der Waals surface area contributed by atoms with Crippen molar-refractivity contribution in [3.05, 3.63) is 11.6 Å². The molecule has 4 aliphatic carbocycles. The van der Waals surface area contributed by atoms with Crippen molar-refractivity contribution < 1.29 is 14.6 Å². The highest BCUT2D eigenvalue weighted by Gasteiger charge is 2.59. The summed E-state index contributed by atoms with van der Waals surface area (Å²) >= 11 is 0. The van der Waals surface area contributed by atoms with Gasteiger partial charge in [-0.2, -0.15) is 0 Å². The first-order valence-electron chi connectivity index (χ1n) is 16.0. The maximum atomic E-state index is 12.4. The summed E-state index contributed by atoms with van der Waals surface area (Å²) in [5, 5.41) is 11.9. The second-order valence-corrected chi connectivity index (χ2v) is 14.5. The Balaban J connectivity index is 1.33. The van der Waals surface area contributed by atoms with Crippen LogP contribution in [0.5, 0.6) is 0 Å². The summed E-state index contributed by atoms with van der Waals surface area (Å²) < 4.78 is 5.88. The number of carbonyl (C=O) groups is 1. The van der Waals surface area contributed by atoms with E-state index in [1.807, 2.05) is 11.9 Å². The largest absolute Gasteiger partial charge is 0.446 e. The molecule has 0 saturated heterocycles. The number of rotatable bonds is 11. The molecule has 4 unspecified atom stereocenters. The van der Waals surface area contributed by atoms with Crippen molar-refractivity contribution in [3.63, 3.8) is 0 Å². The highest BCUT2D eigenvalue weighted by Crippen LogP contribution is 2.67. The Bertz CT molecular complexity index is 827. The van der Waals surface area contributed by atoms with E-state index in [-0.39, 0.29) is 24.2 Å². The number of ether oxygens (including phenoxy) is 1. The Morgan fingerprint density at radius 3 is 2.63 bits per heavy atom. The van der Waals surface area contributed by atoms with E-state index in [1.54, 1.807) is 5.57 Å². The smallest absolute Gasteiger partial charge is 0.407 e. The minimum atomic E-state index is -0.293. The second-order valence-electron chi connectivity index (χ2n) is 14.5. The molecule has 0 aromatic carbocycles. The van der Waals surface area contributed by atoms with Gasteiger partial charge in [-0.25, -0.2) is 4.79 Å². The molecule has 0 spiro atoms. The summed E-state index contributed by atoms with van der Waals surface area (Å²) in [6.07, 6.45) is 16.4. The van der Waals surface area contributed by atoms with Crippen LogP contribution in [0.2, 0.25) is 0 Å². The number of aliphatic hydroxyl groups is 1. The van der Waals surface area contributed by atoms with Gasteiger partial charge in [0.15, 0.2) is 0 Å². The minimum Gasteiger partial charge on any atom is -0.446 e. The first-order chi connectivity index (χ1) is 18.1. The fraction of sp³-hybridized carbons (Fsp3) is 0.909. The normalized spacial score (nSPS) is 37.3. The predicted molar refractivity (Wildman–Crippen MR) is 156 cm³/mol. The van der Waals surface area contributed by atoms with E-state index >= 15 is 0 Å². The fourth-order valence-corrected chi connectivity index (χ4v) is 9.58. The topological polar surface area (TPSA) is 61.8 Å². The lowest BCUT2D eigenvalue weighted by atomic mass is 9.47. The third-order valence-electron chi connectivity index (χ3n) is 11.8. The van der Waals surface area contributed by atoms with Crippen molar-refractivity contribution in [1.82, 2.24) is 10.2 Å². The third-order valence-corrected chi connectivity index (χ3v) is 11.8. The van der Waals surface area contributed by atoms with Gasteiger partial charge in [0.2, 0.25) is 0 Å². The molecule has 3 fully saturated rings. The number of allylic oxidation sites excluding steroid dienone is 1. The molecule has 0 bridgehead atoms. The van der Waals surface area contributed by atoms with E-state index in [1.165, 1.54) is 51.4 Å². The number of hydrogen-bond donors (Lipinski definition) is 2. The second kappa shape index (κ2) is 12.6. The summed E-state index contributed by atoms with van der Waals surface area (Å²) in [4.78, 5) is 14.4. The van der Waals surface area contributed by atoms with E-state index in [2.05, 4.69) is 46.0 Å². The van der Waals surface area contributed by atoms with Crippen LogP contribution in [0.15, 0.2) is 11.6 Å². The summed E-state index contributed by atoms with van der Waals surface area (Å²) in [7, 11) is 1.95. The number of aliphatic hydroxyl groups excluding tert-OH is 1. The molecule has 5 heteroatoms. The lowest BCUT2D eigenvalue weighted by molar-refractivity contribution is -0.0581. The molecule has 0 aromatic heterocycles. The molecule has 0 aliphatic heterocycles. The Labute approximate surface area is 233 Å². The lowest BCUT2D eigenvalue weighted by Crippen LogP contribution is -2.51. The highest BCUT2D eigenvalue weighted by molar-refractivity contribution is 5.67. The Morgan fingerprint density at radius 1 is 1.11 bits per heavy atom. The lowest BCUT2D eigenvalue weighted by Gasteiger charge is -2.58. The maximum absolute atomic E-state index is 12.4. The molecular weight excluding hydrogens is 472 g/mol. The zero-order valence-corrected chi connectivity index (χ0v) is 25.4. The number of likely N-dealkylation sites (N-methyl/N-ethyl adjacent to an activating group) is 1. The SMILES string of the molecule is CC(C)CCC[C@@H](C)[C@H]1CC[C@H]2C3CC=C4CC(OC(=O)NCCN(C)CCO)CCC4(C)[C@H]3CCC12C. The third kappa shape index (κ3) is 6.29. The van der Waals surface area contributed by atoms with Gasteiger partial charge in [0.1, 0.15) is 6.10 Å². The van der Waals surface area contributed by atoms with Crippen molar-refractivity contribution in [2.45, 2.75) is 111 Å². The number of nitrogens with one attached hydrogen (secondary N) is 1. The fourth-order valence-electron chi connectivity index (χ4n) is 9.58. The van der Waals surface area contributed by atoms with Gasteiger partial charge in [0, 0.05) is 26.1 Å². The Hall–Kier alpha value is -1.07. The quantitative estimate of drug-likeness (QED) is 0.281. The molecule has 4 aliphatic rings. The molecule has 1 amide bonds. The Kier molecular flexibility index (Phi) is 9.93. The number of hydrogen-bond acceptors (Lipinski definition) is 4. The van der Waals surface area contributed by atoms with Gasteiger partial charge >= 0.3 is 6.09 Å². The maximum Gasteiger partial charge on any atom is 0.407 e. The van der Waals surface area contributed by atoms with Gasteiger partial charge in [-0.15, -0.1) is 0 Å². The monoisotopic (exact) mass is 530 g/mol. The molecule has 8 atom stereocenters. The molecule has 5 nitrogen and oxygen atoms in total. The van der Waals surface area contributed by atoms with Gasteiger partial charge in [-0.05, 0) is 98.3 Å². The van der Waals surface area contributed by atoms with Crippen LogP contribution in [0.25, 0.3) is 0 Å². The summed E-state index contributed by atoms with van der Waals surface area (Å²) in [6, 6.07) is 0. The number of alkyl carbamates (subject to hydrolysis) is 1. The number of nitrogens with zero attached hydrogens (tertiary/aromatic N) is 1. The van der Waals surface area contributed by atoms with E-state index in [0.29, 0.717) is 25.0 Å². The van der Waals surface area contributed by atoms with Crippen molar-refractivity contribution in [3.8, 4) is 0 Å². The van der Waals surface area contributed by atoms with Crippen molar-refractivity contribution >= 4 is 6.09 Å². The van der Waals surface area contributed by atoms with Gasteiger partial charge in [0.25, 0.3) is 0 Å². The van der Waals surface area contributed by atoms with E-state index < -0.39 is 0 Å². The molecule has 0 aromatic rings. The molecule has 2 N–H and O–H groups in total. The first-order valence-corrected chi connectivity index (χ1v) is 16.0. The number of carbonyl (C=O) groups excluding carboxylic acids is 1. The van der Waals surface area contributed by atoms with Crippen molar-refractivity contribution in [1.29, 1.82) is 0 Å². The van der Waals surface area contributed by atoms with Gasteiger partial charge in [0.05, 0.1) is 6.61 Å². The van der Waals surface area contributed by atoms with Crippen LogP contribution in [0.1, 0.15) is 105 Å². The molecule has 0 radical (unpaired) electrons. The van der Waals surface area contributed by atoms with Crippen LogP contribution in [0.3, 0.4) is 0 Å². The first kappa shape index (κ1) is 29.9. The molecule has 3 saturated carbocycles. The zero-order valence-electron chi connectivity index (χ0n) is 25.4. The van der Waals surface area contributed by atoms with Gasteiger partial charge in [-0.3, -0.25) is 0 Å². The van der Waals surface area contributed by atoms with Crippen LogP contribution >= 0.6 is 0 Å². The average Bonchev–Trinajstić information content (AvgIpc) is 3.21. The van der Waals surface area contributed by atoms with Gasteiger partial charge < -0.3 is 20.1 Å². The molecule has 218 valence electrons. The van der Waals surface area contributed by atoms with Crippen molar-refractivity contribution in [2.75, 3.05) is 33.3 Å². The molecular formula is C33H58N2O3. The van der Waals surface area contributed by atoms with Crippen LogP contribution in [0, 0.1) is 46.3 Å². The summed E-state index contributed by atoms with van der Waals surface area (Å²) in [6.45, 7) is 14.5. The van der Waals surface area contributed by atoms with Crippen LogP contribution in [-0.4, -0.2) is 55.5 Å². The molecule has 4 rings (SSSR count). The predicted octanol–water partition coefficient (Wildman–Crippen LogP) is 7.05. The Morgan fingerprint density at radius 2 is 1.89 bits per heavy atom.